The molecule has 1 aromatic heterocycles. The second-order valence-electron chi connectivity index (χ2n) is 4.32. The Morgan fingerprint density at radius 1 is 1.29 bits per heavy atom. The van der Waals surface area contributed by atoms with E-state index < -0.39 is 16.0 Å². The number of hydrogen-bond acceptors (Lipinski definition) is 5. The maximum Gasteiger partial charge on any atom is 0.355 e. The van der Waals surface area contributed by atoms with Crippen molar-refractivity contribution in [3.8, 4) is 0 Å². The molecule has 0 saturated heterocycles. The monoisotopic (exact) mass is 326 g/mol. The average Bonchev–Trinajstić information content (AvgIpc) is 2.88. The number of carboxylic acid groups (broad SMARTS) is 1. The predicted octanol–water partition coefficient (Wildman–Crippen LogP) is 1.50. The summed E-state index contributed by atoms with van der Waals surface area (Å²) in [5.74, 6) is -1.16. The largest absolute Gasteiger partial charge is 0.476 e. The summed E-state index contributed by atoms with van der Waals surface area (Å²) in [7, 11) is -3.40. The Morgan fingerprint density at radius 2 is 2.00 bits per heavy atom. The summed E-state index contributed by atoms with van der Waals surface area (Å²) in [6.07, 6.45) is 0.367. The van der Waals surface area contributed by atoms with Crippen LogP contribution in [0.1, 0.15) is 21.1 Å². The topological polar surface area (TPSA) is 96.4 Å². The van der Waals surface area contributed by atoms with Crippen molar-refractivity contribution in [1.82, 2.24) is 9.71 Å². The number of carbonyl (C=O) groups is 1. The van der Waals surface area contributed by atoms with Gasteiger partial charge in [0, 0.05) is 18.3 Å². The summed E-state index contributed by atoms with van der Waals surface area (Å²) in [5, 5.41) is 10.8. The number of aromatic carboxylic acids is 1. The number of thiazole rings is 1. The van der Waals surface area contributed by atoms with Gasteiger partial charge in [-0.2, -0.15) is 0 Å². The van der Waals surface area contributed by atoms with Gasteiger partial charge in [0.15, 0.2) is 5.69 Å². The fourth-order valence-corrected chi connectivity index (χ4v) is 3.60. The van der Waals surface area contributed by atoms with Crippen LogP contribution in [0.3, 0.4) is 0 Å². The first-order valence-electron chi connectivity index (χ1n) is 6.15. The number of aromatic nitrogens is 1. The summed E-state index contributed by atoms with van der Waals surface area (Å²) in [4.78, 5) is 14.6. The van der Waals surface area contributed by atoms with Gasteiger partial charge in [0.05, 0.1) is 10.8 Å². The van der Waals surface area contributed by atoms with Crippen LogP contribution in [0.15, 0.2) is 35.7 Å². The summed E-state index contributed by atoms with van der Waals surface area (Å²) in [5.41, 5.74) is 0.703. The van der Waals surface area contributed by atoms with Gasteiger partial charge in [-0.25, -0.2) is 22.9 Å². The van der Waals surface area contributed by atoms with Crippen LogP contribution in [0.4, 0.5) is 0 Å². The molecule has 2 aromatic rings. The van der Waals surface area contributed by atoms with Gasteiger partial charge in [-0.1, -0.05) is 30.3 Å². The first-order chi connectivity index (χ1) is 9.96. The molecular weight excluding hydrogens is 312 g/mol. The van der Waals surface area contributed by atoms with Crippen molar-refractivity contribution in [2.75, 3.05) is 6.54 Å². The highest BCUT2D eigenvalue weighted by atomic mass is 32.2. The zero-order chi connectivity index (χ0) is 15.3. The van der Waals surface area contributed by atoms with Crippen LogP contribution in [-0.2, 0) is 22.2 Å². The van der Waals surface area contributed by atoms with Crippen molar-refractivity contribution in [3.63, 3.8) is 0 Å². The van der Waals surface area contributed by atoms with E-state index in [0.29, 0.717) is 17.0 Å². The highest BCUT2D eigenvalue weighted by molar-refractivity contribution is 7.88. The fourth-order valence-electron chi connectivity index (χ4n) is 1.68. The third-order valence-corrected chi connectivity index (χ3v) is 4.90. The Hall–Kier alpha value is -1.77. The number of sulfonamides is 1. The van der Waals surface area contributed by atoms with Gasteiger partial charge in [-0.3, -0.25) is 0 Å². The fraction of sp³-hybridized carbons (Fsp3) is 0.231. The van der Waals surface area contributed by atoms with Crippen molar-refractivity contribution in [3.05, 3.63) is 52.0 Å². The maximum absolute atomic E-state index is 11.9. The van der Waals surface area contributed by atoms with E-state index in [2.05, 4.69) is 9.71 Å². The molecule has 0 fully saturated rings. The van der Waals surface area contributed by atoms with Gasteiger partial charge in [-0.15, -0.1) is 11.3 Å². The van der Waals surface area contributed by atoms with Crippen LogP contribution in [-0.4, -0.2) is 31.0 Å². The van der Waals surface area contributed by atoms with Gasteiger partial charge in [0.25, 0.3) is 0 Å². The molecule has 0 amide bonds. The van der Waals surface area contributed by atoms with E-state index in [1.54, 1.807) is 24.3 Å². The van der Waals surface area contributed by atoms with Gasteiger partial charge in [-0.05, 0) is 5.56 Å². The number of carboxylic acids is 1. The summed E-state index contributed by atoms with van der Waals surface area (Å²) in [6, 6.07) is 8.89. The number of benzene rings is 1. The molecule has 21 heavy (non-hydrogen) atoms. The second kappa shape index (κ2) is 6.79. The molecule has 0 radical (unpaired) electrons. The molecule has 1 heterocycles. The normalized spacial score (nSPS) is 11.4. The van der Waals surface area contributed by atoms with Crippen molar-refractivity contribution >= 4 is 27.3 Å². The lowest BCUT2D eigenvalue weighted by molar-refractivity contribution is 0.0691. The average molecular weight is 326 g/mol. The van der Waals surface area contributed by atoms with Crippen LogP contribution in [0.5, 0.6) is 0 Å². The first kappa shape index (κ1) is 15.6. The van der Waals surface area contributed by atoms with E-state index in [1.807, 2.05) is 6.07 Å². The quantitative estimate of drug-likeness (QED) is 0.804. The minimum Gasteiger partial charge on any atom is -0.476 e. The molecule has 0 saturated carbocycles. The lowest BCUT2D eigenvalue weighted by Gasteiger charge is -2.05. The molecule has 2 N–H and O–H groups in total. The number of nitrogens with one attached hydrogen (secondary N) is 1. The highest BCUT2D eigenvalue weighted by Crippen LogP contribution is 2.10. The smallest absolute Gasteiger partial charge is 0.355 e. The van der Waals surface area contributed by atoms with Crippen molar-refractivity contribution in [2.45, 2.75) is 12.2 Å². The molecule has 112 valence electrons. The van der Waals surface area contributed by atoms with Crippen LogP contribution >= 0.6 is 11.3 Å². The van der Waals surface area contributed by atoms with E-state index in [4.69, 9.17) is 5.11 Å². The Balaban J connectivity index is 1.85. The second-order valence-corrected chi connectivity index (χ2v) is 7.07. The van der Waals surface area contributed by atoms with Gasteiger partial charge in [0.1, 0.15) is 0 Å². The van der Waals surface area contributed by atoms with Crippen LogP contribution < -0.4 is 4.72 Å². The third-order valence-electron chi connectivity index (χ3n) is 2.63. The van der Waals surface area contributed by atoms with E-state index in [9.17, 15) is 13.2 Å². The highest BCUT2D eigenvalue weighted by Gasteiger charge is 2.12. The Morgan fingerprint density at radius 3 is 2.62 bits per heavy atom. The molecule has 0 unspecified atom stereocenters. The zero-order valence-electron chi connectivity index (χ0n) is 11.0. The number of nitrogens with zero attached hydrogens (tertiary/aromatic N) is 1. The third kappa shape index (κ3) is 4.92. The van der Waals surface area contributed by atoms with Gasteiger partial charge < -0.3 is 5.11 Å². The lowest BCUT2D eigenvalue weighted by Crippen LogP contribution is -2.27. The molecule has 0 atom stereocenters. The number of hydrogen-bond donors (Lipinski definition) is 2. The minimum atomic E-state index is -3.40. The summed E-state index contributed by atoms with van der Waals surface area (Å²) >= 11 is 1.21. The molecule has 6 nitrogen and oxygen atoms in total. The maximum atomic E-state index is 11.9. The molecule has 0 aliphatic carbocycles. The Labute approximate surface area is 126 Å². The Kier molecular flexibility index (Phi) is 5.05. The first-order valence-corrected chi connectivity index (χ1v) is 8.68. The SMILES string of the molecule is O=C(O)c1csc(CCNS(=O)(=O)Cc2ccccc2)n1. The van der Waals surface area contributed by atoms with E-state index >= 15 is 0 Å². The molecule has 2 rings (SSSR count). The lowest BCUT2D eigenvalue weighted by atomic mass is 10.2. The molecule has 0 aliphatic heterocycles. The zero-order valence-corrected chi connectivity index (χ0v) is 12.7. The van der Waals surface area contributed by atoms with Crippen molar-refractivity contribution in [1.29, 1.82) is 0 Å². The van der Waals surface area contributed by atoms with E-state index in [1.165, 1.54) is 16.7 Å². The molecule has 0 aliphatic rings. The van der Waals surface area contributed by atoms with Crippen molar-refractivity contribution < 1.29 is 18.3 Å². The molecule has 0 spiro atoms. The summed E-state index contributed by atoms with van der Waals surface area (Å²) < 4.78 is 26.2. The Bertz CT molecular complexity index is 711. The molecule has 8 heteroatoms. The van der Waals surface area contributed by atoms with Crippen LogP contribution in [0.2, 0.25) is 0 Å². The summed E-state index contributed by atoms with van der Waals surface area (Å²) in [6.45, 7) is 0.196. The van der Waals surface area contributed by atoms with Gasteiger partial charge >= 0.3 is 5.97 Å². The molecule has 0 bridgehead atoms. The van der Waals surface area contributed by atoms with E-state index in [-0.39, 0.29) is 18.0 Å². The van der Waals surface area contributed by atoms with Gasteiger partial charge in [0.2, 0.25) is 10.0 Å². The standard InChI is InChI=1S/C13H14N2O4S2/c16-13(17)11-8-20-12(15-11)6-7-14-21(18,19)9-10-4-2-1-3-5-10/h1-5,8,14H,6-7,9H2,(H,16,17). The number of rotatable bonds is 7. The van der Waals surface area contributed by atoms with E-state index in [0.717, 1.165) is 0 Å². The molecule has 1 aromatic carbocycles. The van der Waals surface area contributed by atoms with Crippen LogP contribution in [0.25, 0.3) is 0 Å². The minimum absolute atomic E-state index is 0.0119. The molecular formula is C13H14N2O4S2. The van der Waals surface area contributed by atoms with Crippen LogP contribution in [0, 0.1) is 0 Å². The predicted molar refractivity (Wildman–Crippen MR) is 79.8 cm³/mol. The van der Waals surface area contributed by atoms with Crippen molar-refractivity contribution in [2.24, 2.45) is 0 Å².